The third-order valence-corrected chi connectivity index (χ3v) is 8.14. The summed E-state index contributed by atoms with van der Waals surface area (Å²) in [5.41, 5.74) is 5.73. The van der Waals surface area contributed by atoms with Gasteiger partial charge in [0.2, 0.25) is 0 Å². The van der Waals surface area contributed by atoms with Crippen molar-refractivity contribution in [2.45, 2.75) is 28.9 Å². The fourth-order valence-corrected chi connectivity index (χ4v) is 5.65. The molecule has 8 heteroatoms. The first-order valence-corrected chi connectivity index (χ1v) is 14.4. The molecule has 0 aliphatic carbocycles. The van der Waals surface area contributed by atoms with E-state index in [4.69, 9.17) is 16.6 Å². The molecule has 2 heterocycles. The molecule has 0 spiro atoms. The lowest BCUT2D eigenvalue weighted by Crippen LogP contribution is -2.22. The number of carbonyl (C=O) groups excluding carboxylic acids is 1. The third-order valence-electron chi connectivity index (χ3n) is 6.00. The second kappa shape index (κ2) is 11.9. The molecule has 2 aromatic heterocycles. The average molecular weight is 545 g/mol. The molecule has 37 heavy (non-hydrogen) atoms. The Morgan fingerprint density at radius 3 is 2.49 bits per heavy atom. The number of hydrogen-bond donors (Lipinski definition) is 1. The van der Waals surface area contributed by atoms with Crippen molar-refractivity contribution in [2.75, 3.05) is 6.26 Å². The summed E-state index contributed by atoms with van der Waals surface area (Å²) < 4.78 is 2.16. The van der Waals surface area contributed by atoms with Gasteiger partial charge in [0.25, 0.3) is 5.91 Å². The van der Waals surface area contributed by atoms with Crippen molar-refractivity contribution in [3.8, 4) is 0 Å². The molecule has 0 radical (unpaired) electrons. The monoisotopic (exact) mass is 544 g/mol. The molecule has 1 amide bonds. The lowest BCUT2D eigenvalue weighted by molar-refractivity contribution is 0.0951. The highest BCUT2D eigenvalue weighted by molar-refractivity contribution is 7.98. The van der Waals surface area contributed by atoms with Gasteiger partial charge in [0, 0.05) is 34.0 Å². The molecule has 1 N–H and O–H groups in total. The van der Waals surface area contributed by atoms with Crippen LogP contribution in [0.25, 0.3) is 11.0 Å². The van der Waals surface area contributed by atoms with Crippen molar-refractivity contribution < 1.29 is 4.79 Å². The topological polar surface area (TPSA) is 59.8 Å². The molecule has 186 valence electrons. The molecule has 0 saturated heterocycles. The summed E-state index contributed by atoms with van der Waals surface area (Å²) in [5, 5.41) is 4.66. The zero-order valence-electron chi connectivity index (χ0n) is 20.2. The van der Waals surface area contributed by atoms with Crippen molar-refractivity contribution in [2.24, 2.45) is 0 Å². The average Bonchev–Trinajstić information content (AvgIpc) is 3.29. The predicted molar refractivity (Wildman–Crippen MR) is 153 cm³/mol. The van der Waals surface area contributed by atoms with Crippen molar-refractivity contribution >= 4 is 52.1 Å². The number of benzene rings is 3. The molecule has 3 aromatic carbocycles. The lowest BCUT2D eigenvalue weighted by Gasteiger charge is -2.11. The summed E-state index contributed by atoms with van der Waals surface area (Å²) in [6.45, 7) is 1.12. The van der Waals surface area contributed by atoms with Crippen LogP contribution in [0, 0.1) is 0 Å². The number of rotatable bonds is 9. The van der Waals surface area contributed by atoms with Gasteiger partial charge in [-0.3, -0.25) is 9.78 Å². The highest BCUT2D eigenvalue weighted by Gasteiger charge is 2.14. The highest BCUT2D eigenvalue weighted by Crippen LogP contribution is 2.29. The number of imidazole rings is 1. The number of fused-ring (bicyclic) bond motifs is 1. The Balaban J connectivity index is 1.28. The molecule has 0 bridgehead atoms. The molecule has 0 aliphatic rings. The second-order valence-electron chi connectivity index (χ2n) is 8.45. The van der Waals surface area contributed by atoms with Crippen LogP contribution in [0.1, 0.15) is 27.0 Å². The number of pyridine rings is 1. The van der Waals surface area contributed by atoms with Gasteiger partial charge in [0.1, 0.15) is 0 Å². The molecular weight excluding hydrogens is 520 g/mol. The van der Waals surface area contributed by atoms with Gasteiger partial charge in [-0.25, -0.2) is 4.98 Å². The van der Waals surface area contributed by atoms with Gasteiger partial charge in [-0.1, -0.05) is 65.8 Å². The summed E-state index contributed by atoms with van der Waals surface area (Å²) in [6, 6.07) is 25.7. The molecule has 0 aliphatic heterocycles. The van der Waals surface area contributed by atoms with Crippen LogP contribution in [-0.4, -0.2) is 26.7 Å². The quantitative estimate of drug-likeness (QED) is 0.201. The number of nitrogens with zero attached hydrogens (tertiary/aromatic N) is 3. The SMILES string of the molecule is CSc1ccc(CNC(=O)c2ccc(Cn3c(SCc4ccccc4Cl)nc4ccncc43)cc2)cc1. The van der Waals surface area contributed by atoms with Crippen LogP contribution in [0.15, 0.2) is 101 Å². The van der Waals surface area contributed by atoms with Crippen LogP contribution in [0.2, 0.25) is 5.02 Å². The minimum Gasteiger partial charge on any atom is -0.348 e. The Hall–Kier alpha value is -3.26. The fraction of sp³-hybridized carbons (Fsp3) is 0.138. The van der Waals surface area contributed by atoms with Crippen LogP contribution < -0.4 is 5.32 Å². The summed E-state index contributed by atoms with van der Waals surface area (Å²) in [7, 11) is 0. The number of hydrogen-bond acceptors (Lipinski definition) is 5. The van der Waals surface area contributed by atoms with Gasteiger partial charge in [-0.2, -0.15) is 0 Å². The predicted octanol–water partition coefficient (Wildman–Crippen LogP) is 7.08. The van der Waals surface area contributed by atoms with E-state index in [0.717, 1.165) is 43.7 Å². The van der Waals surface area contributed by atoms with E-state index in [0.29, 0.717) is 18.7 Å². The number of aromatic nitrogens is 3. The molecule has 5 rings (SSSR count). The van der Waals surface area contributed by atoms with E-state index in [1.807, 2.05) is 79.2 Å². The summed E-state index contributed by atoms with van der Waals surface area (Å²) >= 11 is 9.71. The molecule has 0 saturated carbocycles. The Bertz CT molecular complexity index is 1520. The summed E-state index contributed by atoms with van der Waals surface area (Å²) in [5.74, 6) is 0.629. The van der Waals surface area contributed by atoms with Crippen LogP contribution in [0.4, 0.5) is 0 Å². The minimum atomic E-state index is -0.0891. The fourth-order valence-electron chi connectivity index (χ4n) is 3.94. The molecular formula is C29H25ClN4OS2. The standard InChI is InChI=1S/C29H25ClN4OS2/c1-36-24-12-8-20(9-13-24)16-32-28(35)22-10-6-21(7-11-22)18-34-27-17-31-15-14-26(27)33-29(34)37-19-23-4-2-3-5-25(23)30/h2-15,17H,16,18-19H2,1H3,(H,32,35). The maximum absolute atomic E-state index is 12.7. The van der Waals surface area contributed by atoms with Crippen molar-refractivity contribution in [1.29, 1.82) is 0 Å². The van der Waals surface area contributed by atoms with E-state index in [9.17, 15) is 4.79 Å². The highest BCUT2D eigenvalue weighted by atomic mass is 35.5. The summed E-state index contributed by atoms with van der Waals surface area (Å²) in [6.07, 6.45) is 5.65. The van der Waals surface area contributed by atoms with Gasteiger partial charge in [-0.05, 0) is 59.3 Å². The normalized spacial score (nSPS) is 11.1. The number of thioether (sulfide) groups is 2. The van der Waals surface area contributed by atoms with E-state index < -0.39 is 0 Å². The Morgan fingerprint density at radius 1 is 0.973 bits per heavy atom. The van der Waals surface area contributed by atoms with Crippen LogP contribution in [0.5, 0.6) is 0 Å². The number of halogens is 1. The van der Waals surface area contributed by atoms with Crippen molar-refractivity contribution in [3.63, 3.8) is 0 Å². The number of carbonyl (C=O) groups is 1. The van der Waals surface area contributed by atoms with Crippen molar-refractivity contribution in [3.05, 3.63) is 119 Å². The Kier molecular flexibility index (Phi) is 8.14. The first-order chi connectivity index (χ1) is 18.1. The maximum atomic E-state index is 12.7. The first-order valence-electron chi connectivity index (χ1n) is 11.8. The van der Waals surface area contributed by atoms with Gasteiger partial charge < -0.3 is 9.88 Å². The Morgan fingerprint density at radius 2 is 1.73 bits per heavy atom. The molecule has 0 fully saturated rings. The van der Waals surface area contributed by atoms with E-state index in [1.165, 1.54) is 4.90 Å². The number of amides is 1. The van der Waals surface area contributed by atoms with Crippen molar-refractivity contribution in [1.82, 2.24) is 19.9 Å². The molecule has 0 unspecified atom stereocenters. The van der Waals surface area contributed by atoms with Crippen LogP contribution in [-0.2, 0) is 18.8 Å². The lowest BCUT2D eigenvalue weighted by atomic mass is 10.1. The van der Waals surface area contributed by atoms with E-state index in [1.54, 1.807) is 29.7 Å². The minimum absolute atomic E-state index is 0.0891. The molecule has 0 atom stereocenters. The third kappa shape index (κ3) is 6.18. The Labute approximate surface area is 229 Å². The van der Waals surface area contributed by atoms with Crippen LogP contribution in [0.3, 0.4) is 0 Å². The zero-order chi connectivity index (χ0) is 25.6. The van der Waals surface area contributed by atoms with Crippen LogP contribution >= 0.6 is 35.1 Å². The molecule has 5 aromatic rings. The van der Waals surface area contributed by atoms with E-state index in [-0.39, 0.29) is 5.91 Å². The van der Waals surface area contributed by atoms with Gasteiger partial charge in [-0.15, -0.1) is 11.8 Å². The smallest absolute Gasteiger partial charge is 0.251 e. The zero-order valence-corrected chi connectivity index (χ0v) is 22.6. The molecule has 5 nitrogen and oxygen atoms in total. The largest absolute Gasteiger partial charge is 0.348 e. The maximum Gasteiger partial charge on any atom is 0.251 e. The van der Waals surface area contributed by atoms with Gasteiger partial charge in [0.05, 0.1) is 23.8 Å². The van der Waals surface area contributed by atoms with E-state index in [2.05, 4.69) is 27.0 Å². The summed E-state index contributed by atoms with van der Waals surface area (Å²) in [4.78, 5) is 23.0. The second-order valence-corrected chi connectivity index (χ2v) is 10.7. The first kappa shape index (κ1) is 25.4. The van der Waals surface area contributed by atoms with E-state index >= 15 is 0 Å². The number of nitrogens with one attached hydrogen (secondary N) is 1. The van der Waals surface area contributed by atoms with Gasteiger partial charge in [0.15, 0.2) is 5.16 Å². The van der Waals surface area contributed by atoms with Gasteiger partial charge >= 0.3 is 0 Å².